The molecule has 0 bridgehead atoms. The van der Waals surface area contributed by atoms with E-state index >= 15 is 0 Å². The molecule has 0 aliphatic carbocycles. The smallest absolute Gasteiger partial charge is 0.142 e. The third-order valence-corrected chi connectivity index (χ3v) is 3.64. The zero-order chi connectivity index (χ0) is 14.7. The number of hydrogen-bond donors (Lipinski definition) is 1. The second-order valence-corrected chi connectivity index (χ2v) is 5.34. The second-order valence-electron chi connectivity index (χ2n) is 4.52. The minimum absolute atomic E-state index is 0.0643. The van der Waals surface area contributed by atoms with E-state index in [1.807, 2.05) is 6.92 Å². The molecule has 20 heavy (non-hydrogen) atoms. The molecule has 0 aliphatic rings. The summed E-state index contributed by atoms with van der Waals surface area (Å²) in [6.07, 6.45) is 0. The van der Waals surface area contributed by atoms with Gasteiger partial charge in [-0.15, -0.1) is 0 Å². The average molecular weight is 316 g/mol. The standard InChI is InChI=1S/C15H13Cl2F2N/c1-9(11-3-4-12(16)15(19)7-11)20-8-10-2-5-14(18)13(17)6-10/h2-7,9,20H,8H2,1H3. The van der Waals surface area contributed by atoms with E-state index in [4.69, 9.17) is 23.2 Å². The molecule has 0 saturated carbocycles. The lowest BCUT2D eigenvalue weighted by atomic mass is 10.1. The van der Waals surface area contributed by atoms with Crippen LogP contribution in [-0.4, -0.2) is 0 Å². The second kappa shape index (κ2) is 6.53. The Balaban J connectivity index is 2.02. The first kappa shape index (κ1) is 15.2. The van der Waals surface area contributed by atoms with E-state index < -0.39 is 11.6 Å². The highest BCUT2D eigenvalue weighted by molar-refractivity contribution is 6.31. The Morgan fingerprint density at radius 1 is 1.00 bits per heavy atom. The van der Waals surface area contributed by atoms with Gasteiger partial charge in [-0.3, -0.25) is 0 Å². The van der Waals surface area contributed by atoms with Crippen LogP contribution in [-0.2, 0) is 6.54 Å². The van der Waals surface area contributed by atoms with Crippen LogP contribution >= 0.6 is 23.2 Å². The lowest BCUT2D eigenvalue weighted by molar-refractivity contribution is 0.564. The average Bonchev–Trinajstić information content (AvgIpc) is 2.43. The Kier molecular flexibility index (Phi) is 4.97. The molecule has 106 valence electrons. The van der Waals surface area contributed by atoms with Crippen LogP contribution in [0.5, 0.6) is 0 Å². The highest BCUT2D eigenvalue weighted by Crippen LogP contribution is 2.21. The summed E-state index contributed by atoms with van der Waals surface area (Å²) in [4.78, 5) is 0. The van der Waals surface area contributed by atoms with Gasteiger partial charge in [-0.2, -0.15) is 0 Å². The van der Waals surface area contributed by atoms with Crippen molar-refractivity contribution in [2.45, 2.75) is 19.5 Å². The quantitative estimate of drug-likeness (QED) is 0.825. The van der Waals surface area contributed by atoms with Crippen LogP contribution < -0.4 is 5.32 Å². The van der Waals surface area contributed by atoms with Crippen LogP contribution in [0.1, 0.15) is 24.1 Å². The highest BCUT2D eigenvalue weighted by atomic mass is 35.5. The molecule has 0 heterocycles. The van der Waals surface area contributed by atoms with Gasteiger partial charge in [0.25, 0.3) is 0 Å². The van der Waals surface area contributed by atoms with Gasteiger partial charge in [0, 0.05) is 12.6 Å². The number of rotatable bonds is 4. The zero-order valence-electron chi connectivity index (χ0n) is 10.8. The van der Waals surface area contributed by atoms with Gasteiger partial charge in [-0.05, 0) is 42.3 Å². The van der Waals surface area contributed by atoms with Gasteiger partial charge in [0.15, 0.2) is 0 Å². The molecule has 0 spiro atoms. The van der Waals surface area contributed by atoms with Crippen molar-refractivity contribution in [1.29, 1.82) is 0 Å². The number of nitrogens with one attached hydrogen (secondary N) is 1. The molecule has 2 aromatic rings. The Bertz CT molecular complexity index is 617. The molecule has 1 unspecified atom stereocenters. The van der Waals surface area contributed by atoms with Gasteiger partial charge in [-0.1, -0.05) is 35.3 Å². The van der Waals surface area contributed by atoms with Crippen molar-refractivity contribution >= 4 is 23.2 Å². The van der Waals surface area contributed by atoms with Gasteiger partial charge in [-0.25, -0.2) is 8.78 Å². The molecule has 1 nitrogen and oxygen atoms in total. The van der Waals surface area contributed by atoms with Crippen LogP contribution in [0.2, 0.25) is 10.0 Å². The number of benzene rings is 2. The lowest BCUT2D eigenvalue weighted by Gasteiger charge is -2.15. The molecule has 5 heteroatoms. The molecular formula is C15H13Cl2F2N. The molecule has 0 amide bonds. The van der Waals surface area contributed by atoms with E-state index in [9.17, 15) is 8.78 Å². The molecule has 2 aromatic carbocycles. The first-order valence-corrected chi connectivity index (χ1v) is 6.85. The van der Waals surface area contributed by atoms with Crippen molar-refractivity contribution in [1.82, 2.24) is 5.32 Å². The summed E-state index contributed by atoms with van der Waals surface area (Å²) < 4.78 is 26.4. The van der Waals surface area contributed by atoms with Crippen LogP contribution in [0.15, 0.2) is 36.4 Å². The third kappa shape index (κ3) is 3.69. The van der Waals surface area contributed by atoms with Gasteiger partial charge in [0.1, 0.15) is 11.6 Å². The van der Waals surface area contributed by atoms with Crippen molar-refractivity contribution in [2.75, 3.05) is 0 Å². The summed E-state index contributed by atoms with van der Waals surface area (Å²) in [7, 11) is 0. The van der Waals surface area contributed by atoms with Crippen LogP contribution in [0.4, 0.5) is 8.78 Å². The highest BCUT2D eigenvalue weighted by Gasteiger charge is 2.08. The predicted molar refractivity (Wildman–Crippen MR) is 78.1 cm³/mol. The minimum Gasteiger partial charge on any atom is -0.306 e. The van der Waals surface area contributed by atoms with E-state index in [0.717, 1.165) is 11.1 Å². The fourth-order valence-corrected chi connectivity index (χ4v) is 2.14. The summed E-state index contributed by atoms with van der Waals surface area (Å²) in [6.45, 7) is 2.42. The predicted octanol–water partition coefficient (Wildman–Crippen LogP) is 5.12. The summed E-state index contributed by atoms with van der Waals surface area (Å²) in [5, 5.41) is 3.41. The molecule has 0 aromatic heterocycles. The van der Waals surface area contributed by atoms with Gasteiger partial charge in [0.2, 0.25) is 0 Å². The first-order chi connectivity index (χ1) is 9.47. The van der Waals surface area contributed by atoms with E-state index in [0.29, 0.717) is 6.54 Å². The summed E-state index contributed by atoms with van der Waals surface area (Å²) in [5.41, 5.74) is 1.65. The van der Waals surface area contributed by atoms with E-state index in [-0.39, 0.29) is 16.1 Å². The maximum Gasteiger partial charge on any atom is 0.142 e. The summed E-state index contributed by atoms with van der Waals surface area (Å²) in [5.74, 6) is -0.883. The Morgan fingerprint density at radius 2 is 1.75 bits per heavy atom. The molecule has 1 atom stereocenters. The lowest BCUT2D eigenvalue weighted by Crippen LogP contribution is -2.18. The molecule has 0 radical (unpaired) electrons. The monoisotopic (exact) mass is 315 g/mol. The molecule has 1 N–H and O–H groups in total. The van der Waals surface area contributed by atoms with Gasteiger partial charge < -0.3 is 5.32 Å². The minimum atomic E-state index is -0.442. The third-order valence-electron chi connectivity index (χ3n) is 3.04. The fraction of sp³-hybridized carbons (Fsp3) is 0.200. The molecule has 0 aliphatic heterocycles. The Morgan fingerprint density at radius 3 is 2.40 bits per heavy atom. The van der Waals surface area contributed by atoms with E-state index in [1.165, 1.54) is 18.2 Å². The molecule has 0 fully saturated rings. The first-order valence-electron chi connectivity index (χ1n) is 6.09. The van der Waals surface area contributed by atoms with Crippen molar-refractivity contribution < 1.29 is 8.78 Å². The van der Waals surface area contributed by atoms with Crippen LogP contribution in [0.25, 0.3) is 0 Å². The number of halogens is 4. The van der Waals surface area contributed by atoms with Crippen molar-refractivity contribution in [2.24, 2.45) is 0 Å². The molecule has 2 rings (SSSR count). The maximum absolute atomic E-state index is 13.4. The van der Waals surface area contributed by atoms with Crippen LogP contribution in [0, 0.1) is 11.6 Å². The zero-order valence-corrected chi connectivity index (χ0v) is 12.3. The molecule has 0 saturated heterocycles. The van der Waals surface area contributed by atoms with E-state index in [2.05, 4.69) is 5.32 Å². The van der Waals surface area contributed by atoms with Crippen molar-refractivity contribution in [3.05, 3.63) is 69.2 Å². The molecular weight excluding hydrogens is 303 g/mol. The van der Waals surface area contributed by atoms with Crippen molar-refractivity contribution in [3.8, 4) is 0 Å². The topological polar surface area (TPSA) is 12.0 Å². The normalized spacial score (nSPS) is 12.4. The Hall–Kier alpha value is -1.16. The summed E-state index contributed by atoms with van der Waals surface area (Å²) >= 11 is 11.4. The van der Waals surface area contributed by atoms with Gasteiger partial charge >= 0.3 is 0 Å². The fourth-order valence-electron chi connectivity index (χ4n) is 1.82. The largest absolute Gasteiger partial charge is 0.306 e. The number of hydrogen-bond acceptors (Lipinski definition) is 1. The van der Waals surface area contributed by atoms with Crippen molar-refractivity contribution in [3.63, 3.8) is 0 Å². The Labute approximate surface area is 126 Å². The summed E-state index contributed by atoms with van der Waals surface area (Å²) in [6, 6.07) is 9.18. The van der Waals surface area contributed by atoms with Crippen LogP contribution in [0.3, 0.4) is 0 Å². The maximum atomic E-state index is 13.4. The van der Waals surface area contributed by atoms with Gasteiger partial charge in [0.05, 0.1) is 10.0 Å². The van der Waals surface area contributed by atoms with E-state index in [1.54, 1.807) is 18.2 Å². The SMILES string of the molecule is CC(NCc1ccc(F)c(Cl)c1)c1ccc(Cl)c(F)c1.